The smallest absolute Gasteiger partial charge is 0.261 e. The van der Waals surface area contributed by atoms with E-state index in [9.17, 15) is 13.2 Å². The molecule has 1 amide bonds. The number of fused-ring (bicyclic) bond motifs is 1. The van der Waals surface area contributed by atoms with Crippen molar-refractivity contribution in [1.29, 1.82) is 0 Å². The Kier molecular flexibility index (Phi) is 4.33. The number of amides is 1. The first kappa shape index (κ1) is 17.5. The normalized spacial score (nSPS) is 14.9. The average Bonchev–Trinajstić information content (AvgIpc) is 3.24. The minimum atomic E-state index is -3.70. The van der Waals surface area contributed by atoms with Crippen molar-refractivity contribution in [3.8, 4) is 0 Å². The summed E-state index contributed by atoms with van der Waals surface area (Å²) in [5, 5.41) is 4.74. The van der Waals surface area contributed by atoms with Gasteiger partial charge >= 0.3 is 0 Å². The number of thiophene rings is 1. The van der Waals surface area contributed by atoms with Crippen molar-refractivity contribution in [2.75, 3.05) is 10.0 Å². The number of hydrogen-bond donors (Lipinski definition) is 2. The topological polar surface area (TPSA) is 75.3 Å². The van der Waals surface area contributed by atoms with Gasteiger partial charge in [0.05, 0.1) is 10.5 Å². The zero-order chi connectivity index (χ0) is 19.0. The number of hydrogen-bond acceptors (Lipinski definition) is 4. The van der Waals surface area contributed by atoms with Crippen LogP contribution >= 0.6 is 11.3 Å². The molecular formula is C20H16N2O3S2. The van der Waals surface area contributed by atoms with Gasteiger partial charge in [0.1, 0.15) is 0 Å². The SMILES string of the molecule is Cc1ccc(S(=O)(=O)Nc2ccc3c(c2)C(=Cc2cccs2)C(=O)N3)cc1. The largest absolute Gasteiger partial charge is 0.321 e. The van der Waals surface area contributed by atoms with E-state index in [1.807, 2.05) is 30.5 Å². The van der Waals surface area contributed by atoms with Gasteiger partial charge < -0.3 is 5.32 Å². The molecule has 0 unspecified atom stereocenters. The summed E-state index contributed by atoms with van der Waals surface area (Å²) in [6.45, 7) is 1.90. The fourth-order valence-corrected chi connectivity index (χ4v) is 4.55. The van der Waals surface area contributed by atoms with E-state index in [-0.39, 0.29) is 10.8 Å². The van der Waals surface area contributed by atoms with E-state index in [4.69, 9.17) is 0 Å². The van der Waals surface area contributed by atoms with Gasteiger partial charge in [0.2, 0.25) is 0 Å². The van der Waals surface area contributed by atoms with E-state index in [1.54, 1.807) is 42.5 Å². The monoisotopic (exact) mass is 396 g/mol. The third-order valence-corrected chi connectivity index (χ3v) is 6.43. The molecule has 4 rings (SSSR count). The second-order valence-electron chi connectivity index (χ2n) is 6.21. The molecule has 2 N–H and O–H groups in total. The van der Waals surface area contributed by atoms with Gasteiger partial charge in [-0.05, 0) is 54.8 Å². The number of rotatable bonds is 4. The van der Waals surface area contributed by atoms with Crippen LogP contribution < -0.4 is 10.0 Å². The Morgan fingerprint density at radius 2 is 1.85 bits per heavy atom. The van der Waals surface area contributed by atoms with Gasteiger partial charge in [0.25, 0.3) is 15.9 Å². The second kappa shape index (κ2) is 6.68. The maximum Gasteiger partial charge on any atom is 0.261 e. The molecule has 136 valence electrons. The molecule has 2 heterocycles. The standard InChI is InChI=1S/C20H16N2O3S2/c1-13-4-7-16(8-5-13)27(24,25)22-14-6-9-19-17(11-14)18(20(23)21-19)12-15-3-2-10-26-15/h2-12,22H,1H3,(H,21,23). The Morgan fingerprint density at radius 3 is 2.56 bits per heavy atom. The van der Waals surface area contributed by atoms with E-state index in [1.165, 1.54) is 11.3 Å². The summed E-state index contributed by atoms with van der Waals surface area (Å²) in [5.74, 6) is -0.197. The Hall–Kier alpha value is -2.90. The van der Waals surface area contributed by atoms with Crippen LogP contribution in [-0.4, -0.2) is 14.3 Å². The molecule has 0 fully saturated rings. The van der Waals surface area contributed by atoms with Crippen LogP contribution in [0.4, 0.5) is 11.4 Å². The molecule has 2 aromatic carbocycles. The van der Waals surface area contributed by atoms with E-state index < -0.39 is 10.0 Å². The van der Waals surface area contributed by atoms with E-state index in [2.05, 4.69) is 10.0 Å². The number of sulfonamides is 1. The first-order valence-corrected chi connectivity index (χ1v) is 10.6. The number of carbonyl (C=O) groups excluding carboxylic acids is 1. The lowest BCUT2D eigenvalue weighted by Gasteiger charge is -2.10. The molecular weight excluding hydrogens is 380 g/mol. The van der Waals surface area contributed by atoms with Gasteiger partial charge in [-0.1, -0.05) is 23.8 Å². The van der Waals surface area contributed by atoms with Crippen molar-refractivity contribution in [1.82, 2.24) is 0 Å². The van der Waals surface area contributed by atoms with Crippen LogP contribution in [0.25, 0.3) is 11.6 Å². The van der Waals surface area contributed by atoms with Crippen molar-refractivity contribution >= 4 is 50.3 Å². The quantitative estimate of drug-likeness (QED) is 0.644. The van der Waals surface area contributed by atoms with Gasteiger partial charge in [-0.3, -0.25) is 9.52 Å². The summed E-state index contributed by atoms with van der Waals surface area (Å²) in [6, 6.07) is 15.5. The van der Waals surface area contributed by atoms with E-state index >= 15 is 0 Å². The lowest BCUT2D eigenvalue weighted by atomic mass is 10.1. The molecule has 3 aromatic rings. The Balaban J connectivity index is 1.68. The summed E-state index contributed by atoms with van der Waals surface area (Å²) in [7, 11) is -3.70. The van der Waals surface area contributed by atoms with E-state index in [0.717, 1.165) is 10.4 Å². The zero-order valence-electron chi connectivity index (χ0n) is 14.4. The summed E-state index contributed by atoms with van der Waals surface area (Å²) in [6.07, 6.45) is 1.81. The highest BCUT2D eigenvalue weighted by Crippen LogP contribution is 2.36. The van der Waals surface area contributed by atoms with Gasteiger partial charge in [0.15, 0.2) is 0 Å². The first-order chi connectivity index (χ1) is 12.9. The number of carbonyl (C=O) groups is 1. The number of benzene rings is 2. The summed E-state index contributed by atoms with van der Waals surface area (Å²) in [4.78, 5) is 13.4. The van der Waals surface area contributed by atoms with Crippen LogP contribution in [0.5, 0.6) is 0 Å². The van der Waals surface area contributed by atoms with Crippen molar-refractivity contribution in [2.45, 2.75) is 11.8 Å². The van der Waals surface area contributed by atoms with Gasteiger partial charge in [0, 0.05) is 21.8 Å². The molecule has 1 aromatic heterocycles. The number of anilines is 2. The van der Waals surface area contributed by atoms with Crippen LogP contribution in [0, 0.1) is 6.92 Å². The summed E-state index contributed by atoms with van der Waals surface area (Å²) in [5.41, 5.74) is 3.25. The Labute approximate surface area is 161 Å². The lowest BCUT2D eigenvalue weighted by Crippen LogP contribution is -2.12. The van der Waals surface area contributed by atoms with Crippen molar-refractivity contribution in [3.05, 3.63) is 76.0 Å². The fraction of sp³-hybridized carbons (Fsp3) is 0.0500. The van der Waals surface area contributed by atoms with Crippen LogP contribution in [0.1, 0.15) is 16.0 Å². The molecule has 1 aliphatic heterocycles. The Bertz CT molecular complexity index is 1150. The fourth-order valence-electron chi connectivity index (χ4n) is 2.84. The maximum absolute atomic E-state index is 12.6. The first-order valence-electron chi connectivity index (χ1n) is 8.23. The molecule has 0 atom stereocenters. The predicted octanol–water partition coefficient (Wildman–Crippen LogP) is 4.35. The molecule has 1 aliphatic rings. The molecule has 0 saturated carbocycles. The van der Waals surface area contributed by atoms with Gasteiger partial charge in [-0.15, -0.1) is 11.3 Å². The minimum Gasteiger partial charge on any atom is -0.321 e. The number of aryl methyl sites for hydroxylation is 1. The maximum atomic E-state index is 12.6. The molecule has 27 heavy (non-hydrogen) atoms. The van der Waals surface area contributed by atoms with Crippen molar-refractivity contribution in [3.63, 3.8) is 0 Å². The Morgan fingerprint density at radius 1 is 1.07 bits per heavy atom. The average molecular weight is 396 g/mol. The molecule has 0 bridgehead atoms. The van der Waals surface area contributed by atoms with Crippen LogP contribution in [0.2, 0.25) is 0 Å². The molecule has 5 nitrogen and oxygen atoms in total. The second-order valence-corrected chi connectivity index (χ2v) is 8.87. The van der Waals surface area contributed by atoms with Crippen LogP contribution in [0.3, 0.4) is 0 Å². The zero-order valence-corrected chi connectivity index (χ0v) is 16.0. The highest BCUT2D eigenvalue weighted by molar-refractivity contribution is 7.92. The third-order valence-electron chi connectivity index (χ3n) is 4.22. The molecule has 0 saturated heterocycles. The van der Waals surface area contributed by atoms with Gasteiger partial charge in [-0.2, -0.15) is 0 Å². The van der Waals surface area contributed by atoms with Crippen molar-refractivity contribution in [2.24, 2.45) is 0 Å². The summed E-state index contributed by atoms with van der Waals surface area (Å²) >= 11 is 1.53. The van der Waals surface area contributed by atoms with Crippen LogP contribution in [-0.2, 0) is 14.8 Å². The van der Waals surface area contributed by atoms with Crippen LogP contribution in [0.15, 0.2) is 64.9 Å². The van der Waals surface area contributed by atoms with Crippen molar-refractivity contribution < 1.29 is 13.2 Å². The van der Waals surface area contributed by atoms with Gasteiger partial charge in [-0.25, -0.2) is 8.42 Å². The number of nitrogens with one attached hydrogen (secondary N) is 2. The minimum absolute atomic E-state index is 0.192. The predicted molar refractivity (Wildman–Crippen MR) is 109 cm³/mol. The molecule has 7 heteroatoms. The molecule has 0 aliphatic carbocycles. The lowest BCUT2D eigenvalue weighted by molar-refractivity contribution is -0.110. The molecule has 0 spiro atoms. The molecule has 0 radical (unpaired) electrons. The summed E-state index contributed by atoms with van der Waals surface area (Å²) < 4.78 is 27.8. The third kappa shape index (κ3) is 3.51. The van der Waals surface area contributed by atoms with E-state index in [0.29, 0.717) is 22.5 Å². The highest BCUT2D eigenvalue weighted by Gasteiger charge is 2.25. The highest BCUT2D eigenvalue weighted by atomic mass is 32.2.